The predicted octanol–water partition coefficient (Wildman–Crippen LogP) is 3.58. The largest absolute Gasteiger partial charge is 0.352 e. The molecule has 0 aliphatic rings. The van der Waals surface area contributed by atoms with Gasteiger partial charge in [-0.2, -0.15) is 0 Å². The van der Waals surface area contributed by atoms with E-state index in [9.17, 15) is 9.59 Å². The maximum Gasteiger partial charge on any atom is 0.326 e. The minimum absolute atomic E-state index is 0.124. The van der Waals surface area contributed by atoms with E-state index in [4.69, 9.17) is 0 Å². The monoisotopic (exact) mass is 392 g/mol. The van der Waals surface area contributed by atoms with E-state index in [2.05, 4.69) is 15.3 Å². The van der Waals surface area contributed by atoms with Crippen LogP contribution in [0.25, 0.3) is 21.6 Å². The molecule has 2 N–H and O–H groups in total. The van der Waals surface area contributed by atoms with Crippen LogP contribution in [0.15, 0.2) is 58.7 Å². The molecule has 0 aliphatic carbocycles. The van der Waals surface area contributed by atoms with E-state index in [1.165, 1.54) is 0 Å². The lowest BCUT2D eigenvalue weighted by atomic mass is 10.1. The number of imidazole rings is 1. The zero-order chi connectivity index (χ0) is 19.5. The number of nitrogens with zero attached hydrogens (tertiary/aromatic N) is 2. The van der Waals surface area contributed by atoms with Crippen molar-refractivity contribution in [3.05, 3.63) is 75.7 Å². The average molecular weight is 392 g/mol. The van der Waals surface area contributed by atoms with E-state index in [0.717, 1.165) is 27.3 Å². The number of fused-ring (bicyclic) bond motifs is 1. The van der Waals surface area contributed by atoms with E-state index >= 15 is 0 Å². The minimum atomic E-state index is -0.126. The molecule has 0 saturated carbocycles. The Morgan fingerprint density at radius 1 is 1.21 bits per heavy atom. The van der Waals surface area contributed by atoms with Crippen LogP contribution in [0, 0.1) is 6.92 Å². The van der Waals surface area contributed by atoms with Crippen molar-refractivity contribution >= 4 is 28.3 Å². The number of para-hydroxylation sites is 2. The first-order chi connectivity index (χ1) is 13.6. The standard InChI is InChI=1S/C21H20N4O2S/c1-14-13-28-20(23-14)16-7-4-6-15(12-16)19(26)22-10-5-11-25-18-9-3-2-8-17(18)24-21(25)27/h2-4,6-9,12-13H,5,10-11H2,1H3,(H,22,26)(H,24,27). The number of amides is 1. The molecular formula is C21H20N4O2S. The Morgan fingerprint density at radius 2 is 2.07 bits per heavy atom. The smallest absolute Gasteiger partial charge is 0.326 e. The number of carbonyl (C=O) groups is 1. The number of hydrogen-bond donors (Lipinski definition) is 2. The van der Waals surface area contributed by atoms with Crippen LogP contribution in [0.1, 0.15) is 22.5 Å². The van der Waals surface area contributed by atoms with Gasteiger partial charge in [0.2, 0.25) is 0 Å². The van der Waals surface area contributed by atoms with Crippen LogP contribution in [0.3, 0.4) is 0 Å². The molecule has 142 valence electrons. The molecule has 2 aromatic carbocycles. The van der Waals surface area contributed by atoms with Gasteiger partial charge in [0, 0.05) is 35.3 Å². The van der Waals surface area contributed by atoms with Gasteiger partial charge in [0.05, 0.1) is 11.0 Å². The van der Waals surface area contributed by atoms with Crippen LogP contribution in [-0.2, 0) is 6.54 Å². The summed E-state index contributed by atoms with van der Waals surface area (Å²) in [6.07, 6.45) is 0.666. The van der Waals surface area contributed by atoms with Crippen LogP contribution in [0.4, 0.5) is 0 Å². The third-order valence-corrected chi connectivity index (χ3v) is 5.53. The number of hydrogen-bond acceptors (Lipinski definition) is 4. The molecule has 0 spiro atoms. The first-order valence-corrected chi connectivity index (χ1v) is 9.98. The highest BCUT2D eigenvalue weighted by molar-refractivity contribution is 7.13. The second-order valence-electron chi connectivity index (χ2n) is 6.58. The lowest BCUT2D eigenvalue weighted by Gasteiger charge is -2.07. The van der Waals surface area contributed by atoms with E-state index in [0.29, 0.717) is 25.1 Å². The normalized spacial score (nSPS) is 11.0. The third kappa shape index (κ3) is 3.75. The van der Waals surface area contributed by atoms with Crippen molar-refractivity contribution in [2.45, 2.75) is 19.9 Å². The van der Waals surface area contributed by atoms with E-state index in [-0.39, 0.29) is 11.6 Å². The van der Waals surface area contributed by atoms with Gasteiger partial charge in [0.1, 0.15) is 5.01 Å². The number of carbonyl (C=O) groups excluding carboxylic acids is 1. The van der Waals surface area contributed by atoms with Gasteiger partial charge in [-0.15, -0.1) is 11.3 Å². The quantitative estimate of drug-likeness (QED) is 0.492. The fourth-order valence-corrected chi connectivity index (χ4v) is 3.94. The minimum Gasteiger partial charge on any atom is -0.352 e. The lowest BCUT2D eigenvalue weighted by molar-refractivity contribution is 0.0953. The number of benzene rings is 2. The van der Waals surface area contributed by atoms with Crippen molar-refractivity contribution in [2.75, 3.05) is 6.54 Å². The van der Waals surface area contributed by atoms with Crippen molar-refractivity contribution in [1.29, 1.82) is 0 Å². The zero-order valence-corrected chi connectivity index (χ0v) is 16.3. The number of rotatable bonds is 6. The fraction of sp³-hybridized carbons (Fsp3) is 0.190. The Morgan fingerprint density at radius 3 is 2.89 bits per heavy atom. The van der Waals surface area contributed by atoms with Gasteiger partial charge in [0.15, 0.2) is 0 Å². The fourth-order valence-electron chi connectivity index (χ4n) is 3.15. The van der Waals surface area contributed by atoms with Gasteiger partial charge in [-0.25, -0.2) is 9.78 Å². The summed E-state index contributed by atoms with van der Waals surface area (Å²) in [6.45, 7) is 2.99. The summed E-state index contributed by atoms with van der Waals surface area (Å²) in [5, 5.41) is 5.83. The second-order valence-corrected chi connectivity index (χ2v) is 7.44. The van der Waals surface area contributed by atoms with Crippen molar-refractivity contribution in [3.63, 3.8) is 0 Å². The molecule has 0 aliphatic heterocycles. The first-order valence-electron chi connectivity index (χ1n) is 9.10. The highest BCUT2D eigenvalue weighted by Crippen LogP contribution is 2.24. The molecule has 0 bridgehead atoms. The van der Waals surface area contributed by atoms with Crippen molar-refractivity contribution in [2.24, 2.45) is 0 Å². The highest BCUT2D eigenvalue weighted by atomic mass is 32.1. The Hall–Kier alpha value is -3.19. The molecule has 0 radical (unpaired) electrons. The first kappa shape index (κ1) is 18.2. The van der Waals surface area contributed by atoms with Crippen LogP contribution < -0.4 is 11.0 Å². The molecule has 2 heterocycles. The summed E-state index contributed by atoms with van der Waals surface area (Å²) in [5.41, 5.74) is 4.10. The van der Waals surface area contributed by atoms with E-state index in [1.54, 1.807) is 22.0 Å². The number of aryl methyl sites for hydroxylation is 2. The zero-order valence-electron chi connectivity index (χ0n) is 15.4. The Bertz CT molecular complexity index is 1190. The molecule has 7 heteroatoms. The molecule has 1 amide bonds. The summed E-state index contributed by atoms with van der Waals surface area (Å²) in [7, 11) is 0. The topological polar surface area (TPSA) is 79.8 Å². The average Bonchev–Trinajstić information content (AvgIpc) is 3.28. The highest BCUT2D eigenvalue weighted by Gasteiger charge is 2.09. The van der Waals surface area contributed by atoms with Gasteiger partial charge < -0.3 is 10.3 Å². The number of nitrogens with one attached hydrogen (secondary N) is 2. The molecule has 4 rings (SSSR count). The van der Waals surface area contributed by atoms with Crippen LogP contribution >= 0.6 is 11.3 Å². The maximum absolute atomic E-state index is 12.5. The summed E-state index contributed by atoms with van der Waals surface area (Å²) in [6, 6.07) is 15.1. The van der Waals surface area contributed by atoms with Crippen LogP contribution in [0.5, 0.6) is 0 Å². The van der Waals surface area contributed by atoms with Crippen molar-refractivity contribution < 1.29 is 4.79 Å². The van der Waals surface area contributed by atoms with Crippen molar-refractivity contribution in [1.82, 2.24) is 19.9 Å². The summed E-state index contributed by atoms with van der Waals surface area (Å²) >= 11 is 1.57. The molecule has 0 saturated heterocycles. The molecule has 0 atom stereocenters. The Balaban J connectivity index is 1.37. The number of aromatic amines is 1. The SMILES string of the molecule is Cc1csc(-c2cccc(C(=O)NCCCn3c(=O)[nH]c4ccccc43)c2)n1. The van der Waals surface area contributed by atoms with Gasteiger partial charge in [0.25, 0.3) is 5.91 Å². The Labute approximate surface area is 165 Å². The molecule has 6 nitrogen and oxygen atoms in total. The van der Waals surface area contributed by atoms with E-state index < -0.39 is 0 Å². The molecule has 0 fully saturated rings. The molecule has 4 aromatic rings. The predicted molar refractivity (Wildman–Crippen MR) is 112 cm³/mol. The second kappa shape index (κ2) is 7.82. The summed E-state index contributed by atoms with van der Waals surface area (Å²) in [4.78, 5) is 31.9. The van der Waals surface area contributed by atoms with Crippen LogP contribution in [0.2, 0.25) is 0 Å². The third-order valence-electron chi connectivity index (χ3n) is 4.52. The van der Waals surface area contributed by atoms with Gasteiger partial charge in [-0.05, 0) is 37.6 Å². The van der Waals surface area contributed by atoms with Gasteiger partial charge in [-0.1, -0.05) is 24.3 Å². The number of aromatic nitrogens is 3. The summed E-state index contributed by atoms with van der Waals surface area (Å²) in [5.74, 6) is -0.124. The summed E-state index contributed by atoms with van der Waals surface area (Å²) < 4.78 is 1.70. The van der Waals surface area contributed by atoms with Crippen LogP contribution in [-0.4, -0.2) is 27.0 Å². The molecule has 2 aromatic heterocycles. The maximum atomic E-state index is 12.5. The number of H-pyrrole nitrogens is 1. The van der Waals surface area contributed by atoms with E-state index in [1.807, 2.05) is 54.8 Å². The molecular weight excluding hydrogens is 372 g/mol. The molecule has 28 heavy (non-hydrogen) atoms. The van der Waals surface area contributed by atoms with Gasteiger partial charge >= 0.3 is 5.69 Å². The van der Waals surface area contributed by atoms with Gasteiger partial charge in [-0.3, -0.25) is 9.36 Å². The van der Waals surface area contributed by atoms with Crippen molar-refractivity contribution in [3.8, 4) is 10.6 Å². The lowest BCUT2D eigenvalue weighted by Crippen LogP contribution is -2.26. The molecule has 0 unspecified atom stereocenters. The number of thiazole rings is 1. The Kier molecular flexibility index (Phi) is 5.08.